The van der Waals surface area contributed by atoms with E-state index < -0.39 is 6.04 Å². The summed E-state index contributed by atoms with van der Waals surface area (Å²) in [5.41, 5.74) is 1.72. The molecule has 0 aromatic heterocycles. The van der Waals surface area contributed by atoms with Gasteiger partial charge in [0.2, 0.25) is 12.7 Å². The lowest BCUT2D eigenvalue weighted by molar-refractivity contribution is -0.123. The molecule has 1 aliphatic carbocycles. The summed E-state index contributed by atoms with van der Waals surface area (Å²) in [6.45, 7) is 2.21. The fourth-order valence-electron chi connectivity index (χ4n) is 3.02. The van der Waals surface area contributed by atoms with Crippen LogP contribution in [0.2, 0.25) is 0 Å². The lowest BCUT2D eigenvalue weighted by Crippen LogP contribution is -2.39. The molecule has 2 N–H and O–H groups in total. The molecule has 2 aromatic carbocycles. The van der Waals surface area contributed by atoms with Gasteiger partial charge in [-0.2, -0.15) is 0 Å². The van der Waals surface area contributed by atoms with Gasteiger partial charge in [0.15, 0.2) is 11.5 Å². The van der Waals surface area contributed by atoms with Gasteiger partial charge in [-0.3, -0.25) is 10.1 Å². The average molecular weight is 356 g/mol. The Kier molecular flexibility index (Phi) is 4.51. The highest BCUT2D eigenvalue weighted by Gasteiger charge is 2.29. The molecule has 1 aliphatic heterocycles. The van der Waals surface area contributed by atoms with Gasteiger partial charge in [0.25, 0.3) is 0 Å². The second-order valence-corrected chi connectivity index (χ2v) is 6.77. The van der Waals surface area contributed by atoms with Gasteiger partial charge in [-0.05, 0) is 55.2 Å². The predicted octanol–water partition coefficient (Wildman–Crippen LogP) is 3.22. The molecule has 0 radical (unpaired) electrons. The number of carbonyl (C=O) groups excluding carboxylic acids is 1. The number of fused-ring (bicyclic) bond motifs is 1. The summed E-state index contributed by atoms with van der Waals surface area (Å²) < 4.78 is 24.1. The number of nitrogens with one attached hydrogen (secondary N) is 2. The third-order valence-electron chi connectivity index (χ3n) is 4.70. The van der Waals surface area contributed by atoms with Crippen molar-refractivity contribution in [2.75, 3.05) is 6.79 Å². The summed E-state index contributed by atoms with van der Waals surface area (Å²) in [5, 5.41) is 6.39. The smallest absolute Gasteiger partial charge is 0.241 e. The van der Waals surface area contributed by atoms with Crippen LogP contribution in [0.4, 0.5) is 4.39 Å². The van der Waals surface area contributed by atoms with E-state index in [1.54, 1.807) is 12.1 Å². The Morgan fingerprint density at radius 3 is 2.50 bits per heavy atom. The Morgan fingerprint density at radius 1 is 1.08 bits per heavy atom. The molecule has 1 heterocycles. The van der Waals surface area contributed by atoms with Crippen LogP contribution in [0.25, 0.3) is 0 Å². The average Bonchev–Trinajstić information content (AvgIpc) is 3.32. The maximum atomic E-state index is 13.3. The molecule has 2 atom stereocenters. The van der Waals surface area contributed by atoms with Crippen LogP contribution in [0.5, 0.6) is 11.5 Å². The van der Waals surface area contributed by atoms with Gasteiger partial charge in [0.1, 0.15) is 11.9 Å². The van der Waals surface area contributed by atoms with Crippen molar-refractivity contribution in [3.63, 3.8) is 0 Å². The number of ether oxygens (including phenoxy) is 2. The Hall–Kier alpha value is -2.60. The highest BCUT2D eigenvalue weighted by molar-refractivity contribution is 5.83. The normalized spacial score (nSPS) is 17.6. The fourth-order valence-corrected chi connectivity index (χ4v) is 3.02. The van der Waals surface area contributed by atoms with Crippen LogP contribution in [0.15, 0.2) is 42.5 Å². The highest BCUT2D eigenvalue weighted by Crippen LogP contribution is 2.34. The quantitative estimate of drug-likeness (QED) is 0.834. The standard InChI is InChI=1S/C20H21FN2O3/c1-12(14-4-9-17-18(10-14)26-11-25-17)22-19(20(24)23-16-7-8-16)13-2-5-15(21)6-3-13/h2-6,9-10,12,16,19,22H,7-8,11H2,1H3,(H,23,24). The first-order valence-electron chi connectivity index (χ1n) is 8.81. The lowest BCUT2D eigenvalue weighted by atomic mass is 10.0. The number of carbonyl (C=O) groups is 1. The molecule has 5 nitrogen and oxygen atoms in total. The first kappa shape index (κ1) is 16.8. The Morgan fingerprint density at radius 2 is 1.77 bits per heavy atom. The molecule has 2 unspecified atom stereocenters. The molecule has 26 heavy (non-hydrogen) atoms. The van der Waals surface area contributed by atoms with Crippen LogP contribution < -0.4 is 20.1 Å². The summed E-state index contributed by atoms with van der Waals surface area (Å²) in [4.78, 5) is 12.7. The fraction of sp³-hybridized carbons (Fsp3) is 0.350. The number of rotatable bonds is 6. The second kappa shape index (κ2) is 6.96. The molecule has 0 bridgehead atoms. The topological polar surface area (TPSA) is 59.6 Å². The molecule has 0 spiro atoms. The molecule has 2 aromatic rings. The van der Waals surface area contributed by atoms with Crippen molar-refractivity contribution in [2.24, 2.45) is 0 Å². The van der Waals surface area contributed by atoms with Gasteiger partial charge < -0.3 is 14.8 Å². The van der Waals surface area contributed by atoms with Gasteiger partial charge in [0.05, 0.1) is 0 Å². The van der Waals surface area contributed by atoms with E-state index in [0.717, 1.165) is 29.7 Å². The van der Waals surface area contributed by atoms with Gasteiger partial charge in [0, 0.05) is 12.1 Å². The molecule has 1 fully saturated rings. The molecule has 6 heteroatoms. The van der Waals surface area contributed by atoms with E-state index in [-0.39, 0.29) is 30.6 Å². The van der Waals surface area contributed by atoms with Crippen molar-refractivity contribution in [1.29, 1.82) is 0 Å². The van der Waals surface area contributed by atoms with Gasteiger partial charge in [-0.25, -0.2) is 4.39 Å². The molecule has 2 aliphatic rings. The van der Waals surface area contributed by atoms with E-state index in [1.165, 1.54) is 12.1 Å². The van der Waals surface area contributed by atoms with Crippen LogP contribution in [-0.2, 0) is 4.79 Å². The summed E-state index contributed by atoms with van der Waals surface area (Å²) in [7, 11) is 0. The second-order valence-electron chi connectivity index (χ2n) is 6.77. The summed E-state index contributed by atoms with van der Waals surface area (Å²) in [6, 6.07) is 11.4. The van der Waals surface area contributed by atoms with Crippen molar-refractivity contribution in [3.05, 3.63) is 59.4 Å². The number of benzene rings is 2. The molecule has 136 valence electrons. The third kappa shape index (κ3) is 3.65. The van der Waals surface area contributed by atoms with Crippen molar-refractivity contribution in [3.8, 4) is 11.5 Å². The van der Waals surface area contributed by atoms with Crippen molar-refractivity contribution >= 4 is 5.91 Å². The van der Waals surface area contributed by atoms with E-state index in [2.05, 4.69) is 10.6 Å². The lowest BCUT2D eigenvalue weighted by Gasteiger charge is -2.24. The minimum absolute atomic E-state index is 0.0910. The minimum Gasteiger partial charge on any atom is -0.454 e. The van der Waals surface area contributed by atoms with Crippen LogP contribution in [0.3, 0.4) is 0 Å². The molecule has 1 saturated carbocycles. The Balaban J connectivity index is 1.54. The van der Waals surface area contributed by atoms with Crippen molar-refractivity contribution in [1.82, 2.24) is 10.6 Å². The number of halogens is 1. The first-order valence-corrected chi connectivity index (χ1v) is 8.81. The minimum atomic E-state index is -0.559. The Labute approximate surface area is 151 Å². The van der Waals surface area contributed by atoms with E-state index in [9.17, 15) is 9.18 Å². The van der Waals surface area contributed by atoms with Crippen molar-refractivity contribution < 1.29 is 18.7 Å². The summed E-state index contributed by atoms with van der Waals surface area (Å²) in [5.74, 6) is 1.02. The van der Waals surface area contributed by atoms with Crippen LogP contribution >= 0.6 is 0 Å². The highest BCUT2D eigenvalue weighted by atomic mass is 19.1. The zero-order valence-corrected chi connectivity index (χ0v) is 14.5. The monoisotopic (exact) mass is 356 g/mol. The van der Waals surface area contributed by atoms with Crippen LogP contribution in [0.1, 0.15) is 43.0 Å². The van der Waals surface area contributed by atoms with E-state index in [0.29, 0.717) is 5.75 Å². The van der Waals surface area contributed by atoms with E-state index >= 15 is 0 Å². The van der Waals surface area contributed by atoms with Crippen LogP contribution in [0, 0.1) is 5.82 Å². The van der Waals surface area contributed by atoms with Crippen LogP contribution in [-0.4, -0.2) is 18.7 Å². The summed E-state index contributed by atoms with van der Waals surface area (Å²) in [6.07, 6.45) is 2.03. The molecular formula is C20H21FN2O3. The molecule has 0 saturated heterocycles. The predicted molar refractivity (Wildman–Crippen MR) is 94.4 cm³/mol. The largest absolute Gasteiger partial charge is 0.454 e. The maximum Gasteiger partial charge on any atom is 0.241 e. The first-order chi connectivity index (χ1) is 12.6. The van der Waals surface area contributed by atoms with Gasteiger partial charge in [-0.1, -0.05) is 18.2 Å². The molecule has 4 rings (SSSR count). The zero-order chi connectivity index (χ0) is 18.1. The number of hydrogen-bond donors (Lipinski definition) is 2. The SMILES string of the molecule is CC(NC(C(=O)NC1CC1)c1ccc(F)cc1)c1ccc2c(c1)OCO2. The van der Waals surface area contributed by atoms with Crippen molar-refractivity contribution in [2.45, 2.75) is 37.9 Å². The van der Waals surface area contributed by atoms with E-state index in [4.69, 9.17) is 9.47 Å². The van der Waals surface area contributed by atoms with Gasteiger partial charge >= 0.3 is 0 Å². The van der Waals surface area contributed by atoms with Gasteiger partial charge in [-0.15, -0.1) is 0 Å². The number of amides is 1. The van der Waals surface area contributed by atoms with E-state index in [1.807, 2.05) is 25.1 Å². The maximum absolute atomic E-state index is 13.3. The molecular weight excluding hydrogens is 335 g/mol. The Bertz CT molecular complexity index is 805. The number of hydrogen-bond acceptors (Lipinski definition) is 4. The third-order valence-corrected chi connectivity index (χ3v) is 4.70. The summed E-state index contributed by atoms with van der Waals surface area (Å²) >= 11 is 0. The molecule has 1 amide bonds. The zero-order valence-electron chi connectivity index (χ0n) is 14.5.